The third-order valence-corrected chi connectivity index (χ3v) is 5.21. The van der Waals surface area contributed by atoms with E-state index in [0.717, 1.165) is 48.3 Å². The minimum absolute atomic E-state index is 0.0695. The lowest BCUT2D eigenvalue weighted by molar-refractivity contribution is -0.125. The quantitative estimate of drug-likeness (QED) is 0.774. The van der Waals surface area contributed by atoms with Crippen LogP contribution < -0.4 is 10.2 Å². The number of benzene rings is 2. The SMILES string of the molecule is Cc1ccc(CNC(=O)C2CCN(c3cnc4ccccc4n3)CC2)cc1. The minimum Gasteiger partial charge on any atom is -0.355 e. The molecule has 1 aliphatic heterocycles. The number of carbonyl (C=O) groups is 1. The van der Waals surface area contributed by atoms with Crippen LogP contribution in [0.3, 0.4) is 0 Å². The van der Waals surface area contributed by atoms with E-state index in [0.29, 0.717) is 6.54 Å². The fraction of sp³-hybridized carbons (Fsp3) is 0.318. The largest absolute Gasteiger partial charge is 0.355 e. The maximum atomic E-state index is 12.5. The molecule has 0 aliphatic carbocycles. The van der Waals surface area contributed by atoms with Crippen LogP contribution in [0.4, 0.5) is 5.82 Å². The second-order valence-electron chi connectivity index (χ2n) is 7.18. The van der Waals surface area contributed by atoms with Gasteiger partial charge in [-0.15, -0.1) is 0 Å². The molecule has 1 aliphatic rings. The van der Waals surface area contributed by atoms with Crippen molar-refractivity contribution in [2.24, 2.45) is 5.92 Å². The molecule has 0 spiro atoms. The summed E-state index contributed by atoms with van der Waals surface area (Å²) in [6.07, 6.45) is 3.52. The first-order valence-corrected chi connectivity index (χ1v) is 9.49. The highest BCUT2D eigenvalue weighted by Crippen LogP contribution is 2.23. The van der Waals surface area contributed by atoms with Gasteiger partial charge in [0.25, 0.3) is 0 Å². The van der Waals surface area contributed by atoms with Crippen molar-refractivity contribution in [1.29, 1.82) is 0 Å². The van der Waals surface area contributed by atoms with Gasteiger partial charge in [0.15, 0.2) is 0 Å². The van der Waals surface area contributed by atoms with E-state index in [1.807, 2.05) is 30.5 Å². The number of rotatable bonds is 4. The second-order valence-corrected chi connectivity index (χ2v) is 7.18. The van der Waals surface area contributed by atoms with Gasteiger partial charge in [-0.2, -0.15) is 0 Å². The molecule has 3 aromatic rings. The first kappa shape index (κ1) is 17.5. The summed E-state index contributed by atoms with van der Waals surface area (Å²) in [5, 5.41) is 3.08. The number of piperidine rings is 1. The number of aromatic nitrogens is 2. The molecule has 2 heterocycles. The lowest BCUT2D eigenvalue weighted by Gasteiger charge is -2.32. The number of aryl methyl sites for hydroxylation is 1. The Balaban J connectivity index is 1.32. The molecule has 1 saturated heterocycles. The first-order chi connectivity index (χ1) is 13.2. The summed E-state index contributed by atoms with van der Waals surface area (Å²) < 4.78 is 0. The third-order valence-electron chi connectivity index (χ3n) is 5.21. The van der Waals surface area contributed by atoms with Crippen LogP contribution in [-0.2, 0) is 11.3 Å². The Bertz CT molecular complexity index is 930. The summed E-state index contributed by atoms with van der Waals surface area (Å²) in [6, 6.07) is 16.2. The number of nitrogens with zero attached hydrogens (tertiary/aromatic N) is 3. The maximum Gasteiger partial charge on any atom is 0.223 e. The zero-order chi connectivity index (χ0) is 18.6. The highest BCUT2D eigenvalue weighted by atomic mass is 16.1. The van der Waals surface area contributed by atoms with Crippen molar-refractivity contribution in [3.05, 3.63) is 65.9 Å². The van der Waals surface area contributed by atoms with Crippen molar-refractivity contribution in [3.8, 4) is 0 Å². The molecule has 2 aromatic carbocycles. The normalized spacial score (nSPS) is 15.1. The summed E-state index contributed by atoms with van der Waals surface area (Å²) in [7, 11) is 0. The van der Waals surface area contributed by atoms with Crippen LogP contribution in [0.1, 0.15) is 24.0 Å². The Hall–Kier alpha value is -2.95. The van der Waals surface area contributed by atoms with Crippen molar-refractivity contribution in [3.63, 3.8) is 0 Å². The summed E-state index contributed by atoms with van der Waals surface area (Å²) in [5.74, 6) is 1.12. The Labute approximate surface area is 159 Å². The molecular weight excluding hydrogens is 336 g/mol. The summed E-state index contributed by atoms with van der Waals surface area (Å²) in [6.45, 7) is 4.32. The lowest BCUT2D eigenvalue weighted by atomic mass is 9.96. The van der Waals surface area contributed by atoms with Gasteiger partial charge in [-0.25, -0.2) is 4.98 Å². The van der Waals surface area contributed by atoms with Gasteiger partial charge in [0.05, 0.1) is 17.2 Å². The molecule has 0 bridgehead atoms. The molecule has 5 heteroatoms. The maximum absolute atomic E-state index is 12.5. The van der Waals surface area contributed by atoms with E-state index < -0.39 is 0 Å². The van der Waals surface area contributed by atoms with Crippen LogP contribution in [0.15, 0.2) is 54.7 Å². The fourth-order valence-electron chi connectivity index (χ4n) is 3.51. The van der Waals surface area contributed by atoms with E-state index >= 15 is 0 Å². The Morgan fingerprint density at radius 2 is 1.78 bits per heavy atom. The topological polar surface area (TPSA) is 58.1 Å². The second kappa shape index (κ2) is 7.74. The van der Waals surface area contributed by atoms with Gasteiger partial charge in [0.1, 0.15) is 5.82 Å². The number of amides is 1. The van der Waals surface area contributed by atoms with E-state index in [1.54, 1.807) is 0 Å². The number of para-hydroxylation sites is 2. The monoisotopic (exact) mass is 360 g/mol. The molecule has 0 unspecified atom stereocenters. The van der Waals surface area contributed by atoms with Gasteiger partial charge in [0, 0.05) is 25.6 Å². The van der Waals surface area contributed by atoms with E-state index in [-0.39, 0.29) is 11.8 Å². The minimum atomic E-state index is 0.0695. The molecule has 1 N–H and O–H groups in total. The van der Waals surface area contributed by atoms with Crippen molar-refractivity contribution in [1.82, 2.24) is 15.3 Å². The molecule has 138 valence electrons. The van der Waals surface area contributed by atoms with E-state index in [1.165, 1.54) is 5.56 Å². The number of hydrogen-bond acceptors (Lipinski definition) is 4. The fourth-order valence-corrected chi connectivity index (χ4v) is 3.51. The van der Waals surface area contributed by atoms with E-state index in [9.17, 15) is 4.79 Å². The van der Waals surface area contributed by atoms with Gasteiger partial charge in [-0.1, -0.05) is 42.0 Å². The molecule has 27 heavy (non-hydrogen) atoms. The predicted octanol–water partition coefficient (Wildman–Crippen LogP) is 3.47. The standard InChI is InChI=1S/C22H24N4O/c1-16-6-8-17(9-7-16)14-24-22(27)18-10-12-26(13-11-18)21-15-23-19-4-2-3-5-20(19)25-21/h2-9,15,18H,10-14H2,1H3,(H,24,27). The molecule has 1 aromatic heterocycles. The molecule has 4 rings (SSSR count). The Kier molecular flexibility index (Phi) is 5.01. The van der Waals surface area contributed by atoms with Crippen LogP contribution in [0.2, 0.25) is 0 Å². The average Bonchev–Trinajstić information content (AvgIpc) is 2.73. The van der Waals surface area contributed by atoms with Gasteiger partial charge >= 0.3 is 0 Å². The van der Waals surface area contributed by atoms with Crippen molar-refractivity contribution in [2.75, 3.05) is 18.0 Å². The van der Waals surface area contributed by atoms with Crippen molar-refractivity contribution < 1.29 is 4.79 Å². The highest BCUT2D eigenvalue weighted by molar-refractivity contribution is 5.79. The molecule has 0 atom stereocenters. The van der Waals surface area contributed by atoms with Crippen LogP contribution in [0.5, 0.6) is 0 Å². The van der Waals surface area contributed by atoms with Crippen LogP contribution in [-0.4, -0.2) is 29.0 Å². The molecule has 0 radical (unpaired) electrons. The van der Waals surface area contributed by atoms with Gasteiger partial charge in [0.2, 0.25) is 5.91 Å². The zero-order valence-corrected chi connectivity index (χ0v) is 15.6. The predicted molar refractivity (Wildman–Crippen MR) is 108 cm³/mol. The highest BCUT2D eigenvalue weighted by Gasteiger charge is 2.25. The van der Waals surface area contributed by atoms with Crippen LogP contribution in [0.25, 0.3) is 11.0 Å². The third kappa shape index (κ3) is 4.08. The molecule has 1 amide bonds. The summed E-state index contributed by atoms with van der Waals surface area (Å²) >= 11 is 0. The average molecular weight is 360 g/mol. The van der Waals surface area contributed by atoms with Gasteiger partial charge in [-0.05, 0) is 37.5 Å². The molecular formula is C22H24N4O. The molecule has 1 fully saturated rings. The van der Waals surface area contributed by atoms with E-state index in [4.69, 9.17) is 4.98 Å². The number of carbonyl (C=O) groups excluding carboxylic acids is 1. The Morgan fingerprint density at radius 1 is 1.07 bits per heavy atom. The Morgan fingerprint density at radius 3 is 2.52 bits per heavy atom. The number of fused-ring (bicyclic) bond motifs is 1. The van der Waals surface area contributed by atoms with Crippen molar-refractivity contribution >= 4 is 22.8 Å². The number of hydrogen-bond donors (Lipinski definition) is 1. The van der Waals surface area contributed by atoms with Gasteiger partial charge in [-0.3, -0.25) is 9.78 Å². The van der Waals surface area contributed by atoms with E-state index in [2.05, 4.69) is 46.4 Å². The van der Waals surface area contributed by atoms with Gasteiger partial charge < -0.3 is 10.2 Å². The molecule has 0 saturated carbocycles. The van der Waals surface area contributed by atoms with Crippen LogP contribution >= 0.6 is 0 Å². The summed E-state index contributed by atoms with van der Waals surface area (Å²) in [5.41, 5.74) is 4.19. The van der Waals surface area contributed by atoms with Crippen LogP contribution in [0, 0.1) is 12.8 Å². The summed E-state index contributed by atoms with van der Waals surface area (Å²) in [4.78, 5) is 23.9. The van der Waals surface area contributed by atoms with Crippen molar-refractivity contribution in [2.45, 2.75) is 26.3 Å². The molecule has 5 nitrogen and oxygen atoms in total. The lowest BCUT2D eigenvalue weighted by Crippen LogP contribution is -2.40. The number of anilines is 1. The zero-order valence-electron chi connectivity index (χ0n) is 15.6. The number of nitrogens with one attached hydrogen (secondary N) is 1. The smallest absolute Gasteiger partial charge is 0.223 e. The first-order valence-electron chi connectivity index (χ1n) is 9.49.